The number of aromatic nitrogens is 3. The fourth-order valence-corrected chi connectivity index (χ4v) is 2.62. The Morgan fingerprint density at radius 3 is 2.74 bits per heavy atom. The maximum atomic E-state index is 12.4. The predicted molar refractivity (Wildman–Crippen MR) is 104 cm³/mol. The van der Waals surface area contributed by atoms with Gasteiger partial charge in [-0.15, -0.1) is 0 Å². The number of amides is 1. The van der Waals surface area contributed by atoms with E-state index in [2.05, 4.69) is 15.4 Å². The summed E-state index contributed by atoms with van der Waals surface area (Å²) >= 11 is 6.06. The smallest absolute Gasteiger partial charge is 0.248 e. The Labute approximate surface area is 161 Å². The number of carbonyl (C=O) groups excluding carboxylic acids is 1. The van der Waals surface area contributed by atoms with Gasteiger partial charge in [-0.05, 0) is 42.5 Å². The van der Waals surface area contributed by atoms with Crippen LogP contribution >= 0.6 is 11.6 Å². The molecule has 27 heavy (non-hydrogen) atoms. The molecule has 0 unspecified atom stereocenters. The molecule has 0 saturated heterocycles. The molecule has 0 radical (unpaired) electrons. The molecule has 2 aromatic carbocycles. The number of ether oxygens (including phenoxy) is 2. The van der Waals surface area contributed by atoms with E-state index in [1.807, 2.05) is 0 Å². The minimum absolute atomic E-state index is 0.330. The van der Waals surface area contributed by atoms with E-state index in [1.165, 1.54) is 18.7 Å². The van der Waals surface area contributed by atoms with Crippen LogP contribution in [0.5, 0.6) is 11.5 Å². The Balaban J connectivity index is 1.83. The third-order valence-electron chi connectivity index (χ3n) is 3.73. The van der Waals surface area contributed by atoms with Crippen molar-refractivity contribution in [2.45, 2.75) is 0 Å². The molecule has 138 valence electrons. The van der Waals surface area contributed by atoms with Gasteiger partial charge in [0.05, 0.1) is 25.6 Å². The first-order valence-electron chi connectivity index (χ1n) is 7.96. The number of benzene rings is 2. The number of halogens is 1. The second kappa shape index (κ2) is 8.37. The lowest BCUT2D eigenvalue weighted by Crippen LogP contribution is -2.11. The SMILES string of the molecule is COc1ccc(OC)c(/C=C/C(=O)Nc2cc(Cl)ccc2-n2cncn2)c1. The number of anilines is 1. The van der Waals surface area contributed by atoms with Gasteiger partial charge in [0.15, 0.2) is 0 Å². The zero-order valence-electron chi connectivity index (χ0n) is 14.7. The van der Waals surface area contributed by atoms with Gasteiger partial charge in [0.2, 0.25) is 5.91 Å². The van der Waals surface area contributed by atoms with Crippen LogP contribution in [0.3, 0.4) is 0 Å². The zero-order chi connectivity index (χ0) is 19.2. The minimum atomic E-state index is -0.330. The third kappa shape index (κ3) is 4.45. The molecule has 0 atom stereocenters. The van der Waals surface area contributed by atoms with Gasteiger partial charge < -0.3 is 14.8 Å². The first-order valence-corrected chi connectivity index (χ1v) is 8.34. The van der Waals surface area contributed by atoms with Gasteiger partial charge in [-0.25, -0.2) is 9.67 Å². The first-order chi connectivity index (χ1) is 13.1. The van der Waals surface area contributed by atoms with Crippen LogP contribution < -0.4 is 14.8 Å². The van der Waals surface area contributed by atoms with Crippen LogP contribution in [0.15, 0.2) is 55.1 Å². The van der Waals surface area contributed by atoms with E-state index in [1.54, 1.807) is 61.4 Å². The third-order valence-corrected chi connectivity index (χ3v) is 3.97. The summed E-state index contributed by atoms with van der Waals surface area (Å²) in [6.07, 6.45) is 6.00. The van der Waals surface area contributed by atoms with Crippen molar-refractivity contribution in [3.05, 3.63) is 65.7 Å². The van der Waals surface area contributed by atoms with Crippen molar-refractivity contribution in [3.8, 4) is 17.2 Å². The number of rotatable bonds is 6. The molecule has 0 aliphatic heterocycles. The number of hydrogen-bond acceptors (Lipinski definition) is 5. The lowest BCUT2D eigenvalue weighted by atomic mass is 10.1. The summed E-state index contributed by atoms with van der Waals surface area (Å²) in [7, 11) is 3.14. The summed E-state index contributed by atoms with van der Waals surface area (Å²) < 4.78 is 12.1. The van der Waals surface area contributed by atoms with Crippen LogP contribution in [-0.2, 0) is 4.79 Å². The van der Waals surface area contributed by atoms with E-state index in [4.69, 9.17) is 21.1 Å². The van der Waals surface area contributed by atoms with Crippen LogP contribution in [0.2, 0.25) is 5.02 Å². The molecule has 3 rings (SSSR count). The molecule has 7 nitrogen and oxygen atoms in total. The fourth-order valence-electron chi connectivity index (χ4n) is 2.45. The molecule has 0 fully saturated rings. The Morgan fingerprint density at radius 1 is 1.19 bits per heavy atom. The summed E-state index contributed by atoms with van der Waals surface area (Å²) in [5, 5.41) is 7.38. The van der Waals surface area contributed by atoms with Gasteiger partial charge in [-0.3, -0.25) is 4.79 Å². The summed E-state index contributed by atoms with van der Waals surface area (Å²) in [6, 6.07) is 10.5. The molecular formula is C19H17ClN4O3. The quantitative estimate of drug-likeness (QED) is 0.657. The average Bonchev–Trinajstić information content (AvgIpc) is 3.20. The van der Waals surface area contributed by atoms with Crippen LogP contribution in [0.1, 0.15) is 5.56 Å². The second-order valence-corrected chi connectivity index (χ2v) is 5.87. The van der Waals surface area contributed by atoms with Crippen molar-refractivity contribution in [1.82, 2.24) is 14.8 Å². The Morgan fingerprint density at radius 2 is 2.04 bits per heavy atom. The minimum Gasteiger partial charge on any atom is -0.497 e. The Kier molecular flexibility index (Phi) is 5.73. The highest BCUT2D eigenvalue weighted by molar-refractivity contribution is 6.31. The lowest BCUT2D eigenvalue weighted by Gasteiger charge is -2.10. The topological polar surface area (TPSA) is 78.3 Å². The van der Waals surface area contributed by atoms with Crippen molar-refractivity contribution in [3.63, 3.8) is 0 Å². The maximum absolute atomic E-state index is 12.4. The number of carbonyl (C=O) groups is 1. The summed E-state index contributed by atoms with van der Waals surface area (Å²) in [6.45, 7) is 0. The van der Waals surface area contributed by atoms with E-state index in [0.29, 0.717) is 27.9 Å². The van der Waals surface area contributed by atoms with Crippen molar-refractivity contribution in [2.24, 2.45) is 0 Å². The van der Waals surface area contributed by atoms with Gasteiger partial charge in [-0.2, -0.15) is 5.10 Å². The molecule has 0 saturated carbocycles. The van der Waals surface area contributed by atoms with E-state index in [9.17, 15) is 4.79 Å². The van der Waals surface area contributed by atoms with Crippen LogP contribution in [0.25, 0.3) is 11.8 Å². The van der Waals surface area contributed by atoms with Crippen molar-refractivity contribution in [2.75, 3.05) is 19.5 Å². The van der Waals surface area contributed by atoms with Gasteiger partial charge in [0.25, 0.3) is 0 Å². The molecule has 1 aromatic heterocycles. The number of nitrogens with zero attached hydrogens (tertiary/aromatic N) is 3. The van der Waals surface area contributed by atoms with E-state index >= 15 is 0 Å². The number of nitrogens with one attached hydrogen (secondary N) is 1. The predicted octanol–water partition coefficient (Wildman–Crippen LogP) is 3.59. The molecule has 0 aliphatic carbocycles. The molecular weight excluding hydrogens is 368 g/mol. The number of methoxy groups -OCH3 is 2. The van der Waals surface area contributed by atoms with E-state index in [0.717, 1.165) is 5.56 Å². The molecule has 3 aromatic rings. The average molecular weight is 385 g/mol. The van der Waals surface area contributed by atoms with Gasteiger partial charge in [0, 0.05) is 16.7 Å². The Hall–Kier alpha value is -3.32. The highest BCUT2D eigenvalue weighted by Crippen LogP contribution is 2.26. The Bertz CT molecular complexity index is 971. The van der Waals surface area contributed by atoms with E-state index in [-0.39, 0.29) is 5.91 Å². The highest BCUT2D eigenvalue weighted by Gasteiger charge is 2.09. The molecule has 1 heterocycles. The second-order valence-electron chi connectivity index (χ2n) is 5.43. The fraction of sp³-hybridized carbons (Fsp3) is 0.105. The molecule has 1 amide bonds. The molecule has 1 N–H and O–H groups in total. The van der Waals surface area contributed by atoms with Crippen LogP contribution in [-0.4, -0.2) is 34.9 Å². The van der Waals surface area contributed by atoms with Gasteiger partial charge in [-0.1, -0.05) is 11.6 Å². The number of hydrogen-bond donors (Lipinski definition) is 1. The maximum Gasteiger partial charge on any atom is 0.248 e. The first kappa shape index (κ1) is 18.5. The molecule has 0 aliphatic rings. The van der Waals surface area contributed by atoms with Crippen molar-refractivity contribution >= 4 is 29.3 Å². The lowest BCUT2D eigenvalue weighted by molar-refractivity contribution is -0.111. The summed E-state index contributed by atoms with van der Waals surface area (Å²) in [4.78, 5) is 16.3. The van der Waals surface area contributed by atoms with Crippen molar-refractivity contribution < 1.29 is 14.3 Å². The zero-order valence-corrected chi connectivity index (χ0v) is 15.5. The highest BCUT2D eigenvalue weighted by atomic mass is 35.5. The van der Waals surface area contributed by atoms with E-state index < -0.39 is 0 Å². The molecule has 0 bridgehead atoms. The molecule has 0 spiro atoms. The molecule has 8 heteroatoms. The van der Waals surface area contributed by atoms with Crippen LogP contribution in [0.4, 0.5) is 5.69 Å². The largest absolute Gasteiger partial charge is 0.497 e. The normalized spacial score (nSPS) is 10.8. The van der Waals surface area contributed by atoms with Crippen LogP contribution in [0, 0.1) is 0 Å². The van der Waals surface area contributed by atoms with Crippen molar-refractivity contribution in [1.29, 1.82) is 0 Å². The van der Waals surface area contributed by atoms with Gasteiger partial charge >= 0.3 is 0 Å². The monoisotopic (exact) mass is 384 g/mol. The standard InChI is InChI=1S/C19H17ClN4O3/c1-26-15-5-7-18(27-2)13(9-15)3-8-19(25)23-16-10-14(20)4-6-17(16)24-12-21-11-22-24/h3-12H,1-2H3,(H,23,25)/b8-3+. The van der Waals surface area contributed by atoms with Gasteiger partial charge in [0.1, 0.15) is 24.2 Å². The summed E-state index contributed by atoms with van der Waals surface area (Å²) in [5.74, 6) is 0.966. The summed E-state index contributed by atoms with van der Waals surface area (Å²) in [5.41, 5.74) is 1.88.